The summed E-state index contributed by atoms with van der Waals surface area (Å²) in [5, 5.41) is 0. The van der Waals surface area contributed by atoms with Crippen LogP contribution in [0.3, 0.4) is 0 Å². The van der Waals surface area contributed by atoms with Gasteiger partial charge in [0.25, 0.3) is 0 Å². The molecule has 1 aliphatic carbocycles. The van der Waals surface area contributed by atoms with E-state index in [-0.39, 0.29) is 0 Å². The van der Waals surface area contributed by atoms with Gasteiger partial charge < -0.3 is 10.5 Å². The molecule has 0 aromatic carbocycles. The van der Waals surface area contributed by atoms with Crippen LogP contribution in [0.2, 0.25) is 0 Å². The van der Waals surface area contributed by atoms with E-state index >= 15 is 0 Å². The number of hydrogen-bond acceptors (Lipinski definition) is 4. The Bertz CT molecular complexity index is 337. The molecular formula is C11H17N3O. The first-order valence-corrected chi connectivity index (χ1v) is 5.45. The number of aryl methyl sites for hydroxylation is 1. The summed E-state index contributed by atoms with van der Waals surface area (Å²) < 4.78 is 5.47. The Balaban J connectivity index is 1.87. The van der Waals surface area contributed by atoms with Crippen molar-refractivity contribution in [2.75, 3.05) is 6.61 Å². The van der Waals surface area contributed by atoms with Crippen LogP contribution in [0, 0.1) is 12.8 Å². The van der Waals surface area contributed by atoms with E-state index in [0.29, 0.717) is 12.6 Å². The standard InChI is InChI=1S/C11H17N3O/c1-8-10(6-12)7-13-11(14-8)15-5-4-9-2-3-9/h7,9H,2-6,12H2,1H3. The highest BCUT2D eigenvalue weighted by molar-refractivity contribution is 5.17. The van der Waals surface area contributed by atoms with Crippen LogP contribution in [0.1, 0.15) is 30.5 Å². The van der Waals surface area contributed by atoms with E-state index in [9.17, 15) is 0 Å². The first-order chi connectivity index (χ1) is 7.29. The highest BCUT2D eigenvalue weighted by atomic mass is 16.5. The van der Waals surface area contributed by atoms with E-state index in [1.807, 2.05) is 6.92 Å². The summed E-state index contributed by atoms with van der Waals surface area (Å²) in [7, 11) is 0. The maximum Gasteiger partial charge on any atom is 0.316 e. The summed E-state index contributed by atoms with van der Waals surface area (Å²) in [6.07, 6.45) is 5.58. The summed E-state index contributed by atoms with van der Waals surface area (Å²) in [6, 6.07) is 0.477. The fourth-order valence-corrected chi connectivity index (χ4v) is 1.46. The van der Waals surface area contributed by atoms with Gasteiger partial charge in [-0.1, -0.05) is 12.8 Å². The molecule has 2 rings (SSSR count). The quantitative estimate of drug-likeness (QED) is 0.793. The molecule has 1 aromatic heterocycles. The van der Waals surface area contributed by atoms with Crippen LogP contribution in [0.4, 0.5) is 0 Å². The first-order valence-electron chi connectivity index (χ1n) is 5.45. The highest BCUT2D eigenvalue weighted by Gasteiger charge is 2.20. The molecule has 15 heavy (non-hydrogen) atoms. The molecule has 2 N–H and O–H groups in total. The van der Waals surface area contributed by atoms with E-state index < -0.39 is 0 Å². The van der Waals surface area contributed by atoms with Crippen molar-refractivity contribution in [1.82, 2.24) is 9.97 Å². The first kappa shape index (κ1) is 10.4. The maximum atomic E-state index is 5.53. The average Bonchev–Trinajstić information content (AvgIpc) is 3.02. The molecule has 0 spiro atoms. The SMILES string of the molecule is Cc1nc(OCCC2CC2)ncc1CN. The van der Waals surface area contributed by atoms with Crippen LogP contribution < -0.4 is 10.5 Å². The minimum absolute atomic E-state index is 0.477. The molecule has 4 nitrogen and oxygen atoms in total. The summed E-state index contributed by atoms with van der Waals surface area (Å²) >= 11 is 0. The molecule has 0 saturated heterocycles. The minimum atomic E-state index is 0.477. The third kappa shape index (κ3) is 2.89. The van der Waals surface area contributed by atoms with Crippen molar-refractivity contribution in [3.8, 4) is 6.01 Å². The number of hydrogen-bond donors (Lipinski definition) is 1. The Morgan fingerprint density at radius 2 is 2.33 bits per heavy atom. The number of rotatable bonds is 5. The monoisotopic (exact) mass is 207 g/mol. The van der Waals surface area contributed by atoms with Crippen LogP contribution in [0.5, 0.6) is 6.01 Å². The van der Waals surface area contributed by atoms with Gasteiger partial charge in [0.2, 0.25) is 0 Å². The highest BCUT2D eigenvalue weighted by Crippen LogP contribution is 2.32. The molecule has 0 atom stereocenters. The van der Waals surface area contributed by atoms with Gasteiger partial charge in [0.1, 0.15) is 0 Å². The van der Waals surface area contributed by atoms with E-state index in [4.69, 9.17) is 10.5 Å². The van der Waals surface area contributed by atoms with Crippen molar-refractivity contribution in [3.05, 3.63) is 17.5 Å². The molecule has 1 saturated carbocycles. The van der Waals surface area contributed by atoms with Crippen molar-refractivity contribution in [2.45, 2.75) is 32.7 Å². The van der Waals surface area contributed by atoms with Crippen molar-refractivity contribution in [2.24, 2.45) is 11.7 Å². The molecule has 0 aliphatic heterocycles. The summed E-state index contributed by atoms with van der Waals surface area (Å²) in [5.74, 6) is 0.884. The van der Waals surface area contributed by atoms with Gasteiger partial charge in [-0.25, -0.2) is 9.97 Å². The summed E-state index contributed by atoms with van der Waals surface area (Å²) in [6.45, 7) is 3.14. The molecule has 0 unspecified atom stereocenters. The number of nitrogens with two attached hydrogens (primary N) is 1. The third-order valence-corrected chi connectivity index (χ3v) is 2.73. The van der Waals surface area contributed by atoms with Gasteiger partial charge in [-0.15, -0.1) is 0 Å². The summed E-state index contributed by atoms with van der Waals surface area (Å²) in [5.41, 5.74) is 7.42. The second-order valence-corrected chi connectivity index (χ2v) is 4.05. The molecular weight excluding hydrogens is 190 g/mol. The Morgan fingerprint density at radius 1 is 1.53 bits per heavy atom. The van der Waals surface area contributed by atoms with E-state index in [1.54, 1.807) is 6.20 Å². The lowest BCUT2D eigenvalue weighted by Crippen LogP contribution is -2.06. The Hall–Kier alpha value is -1.16. The Labute approximate surface area is 89.9 Å². The van der Waals surface area contributed by atoms with E-state index in [2.05, 4.69) is 9.97 Å². The lowest BCUT2D eigenvalue weighted by Gasteiger charge is -2.06. The molecule has 0 radical (unpaired) electrons. The largest absolute Gasteiger partial charge is 0.463 e. The molecule has 1 heterocycles. The molecule has 1 fully saturated rings. The van der Waals surface area contributed by atoms with Gasteiger partial charge in [-0.3, -0.25) is 0 Å². The van der Waals surface area contributed by atoms with Gasteiger partial charge in [0.15, 0.2) is 0 Å². The van der Waals surface area contributed by atoms with Gasteiger partial charge in [-0.2, -0.15) is 0 Å². The van der Waals surface area contributed by atoms with Crippen LogP contribution in [-0.2, 0) is 6.54 Å². The average molecular weight is 207 g/mol. The number of ether oxygens (including phenoxy) is 1. The topological polar surface area (TPSA) is 61.0 Å². The Morgan fingerprint density at radius 3 is 2.93 bits per heavy atom. The summed E-state index contributed by atoms with van der Waals surface area (Å²) in [4.78, 5) is 8.36. The van der Waals surface area contributed by atoms with Gasteiger partial charge in [0.05, 0.1) is 6.61 Å². The van der Waals surface area contributed by atoms with Crippen LogP contribution in [-0.4, -0.2) is 16.6 Å². The Kier molecular flexibility index (Phi) is 3.16. The third-order valence-electron chi connectivity index (χ3n) is 2.73. The van der Waals surface area contributed by atoms with Gasteiger partial charge in [0, 0.05) is 24.0 Å². The lowest BCUT2D eigenvalue weighted by molar-refractivity contribution is 0.278. The molecule has 1 aromatic rings. The van der Waals surface area contributed by atoms with Crippen molar-refractivity contribution >= 4 is 0 Å². The van der Waals surface area contributed by atoms with Crippen molar-refractivity contribution in [3.63, 3.8) is 0 Å². The zero-order valence-electron chi connectivity index (χ0n) is 9.07. The van der Waals surface area contributed by atoms with Crippen LogP contribution in [0.15, 0.2) is 6.20 Å². The van der Waals surface area contributed by atoms with Crippen LogP contribution in [0.25, 0.3) is 0 Å². The number of nitrogens with zero attached hydrogens (tertiary/aromatic N) is 2. The second kappa shape index (κ2) is 4.57. The van der Waals surface area contributed by atoms with Crippen LogP contribution >= 0.6 is 0 Å². The second-order valence-electron chi connectivity index (χ2n) is 4.05. The normalized spacial score (nSPS) is 15.3. The van der Waals surface area contributed by atoms with E-state index in [0.717, 1.165) is 30.2 Å². The minimum Gasteiger partial charge on any atom is -0.463 e. The lowest BCUT2D eigenvalue weighted by atomic mass is 10.2. The predicted octanol–water partition coefficient (Wildman–Crippen LogP) is 1.42. The van der Waals surface area contributed by atoms with Crippen molar-refractivity contribution in [1.29, 1.82) is 0 Å². The molecule has 4 heteroatoms. The zero-order valence-corrected chi connectivity index (χ0v) is 9.07. The maximum absolute atomic E-state index is 5.53. The van der Waals surface area contributed by atoms with Gasteiger partial charge in [-0.05, 0) is 19.3 Å². The van der Waals surface area contributed by atoms with E-state index in [1.165, 1.54) is 12.8 Å². The smallest absolute Gasteiger partial charge is 0.316 e. The fourth-order valence-electron chi connectivity index (χ4n) is 1.46. The molecule has 0 bridgehead atoms. The zero-order chi connectivity index (χ0) is 10.7. The molecule has 82 valence electrons. The molecule has 0 amide bonds. The van der Waals surface area contributed by atoms with Gasteiger partial charge >= 0.3 is 6.01 Å². The predicted molar refractivity (Wildman–Crippen MR) is 57.5 cm³/mol. The van der Waals surface area contributed by atoms with Crippen molar-refractivity contribution < 1.29 is 4.74 Å². The molecule has 1 aliphatic rings. The fraction of sp³-hybridized carbons (Fsp3) is 0.636. The number of aromatic nitrogens is 2.